The maximum atomic E-state index is 12.8. The van der Waals surface area contributed by atoms with E-state index in [9.17, 15) is 19.4 Å². The highest BCUT2D eigenvalue weighted by Crippen LogP contribution is 2.43. The fourth-order valence-electron chi connectivity index (χ4n) is 6.35. The van der Waals surface area contributed by atoms with E-state index in [4.69, 9.17) is 9.05 Å². The van der Waals surface area contributed by atoms with Crippen molar-refractivity contribution < 1.29 is 32.9 Å². The number of unbranched alkanes of at least 4 members (excludes halogenated alkanes) is 25. The second-order valence-electron chi connectivity index (χ2n) is 16.4. The maximum Gasteiger partial charge on any atom is 0.472 e. The Morgan fingerprint density at radius 2 is 1.04 bits per heavy atom. The van der Waals surface area contributed by atoms with Crippen molar-refractivity contribution >= 4 is 13.7 Å². The van der Waals surface area contributed by atoms with Crippen LogP contribution in [0.2, 0.25) is 0 Å². The predicted molar refractivity (Wildman–Crippen MR) is 226 cm³/mol. The summed E-state index contributed by atoms with van der Waals surface area (Å²) in [4.78, 5) is 23.1. The van der Waals surface area contributed by atoms with Crippen molar-refractivity contribution in [3.05, 3.63) is 24.3 Å². The van der Waals surface area contributed by atoms with Gasteiger partial charge in [0.15, 0.2) is 0 Å². The number of nitrogens with one attached hydrogen (secondary N) is 1. The second kappa shape index (κ2) is 36.6. The van der Waals surface area contributed by atoms with Crippen LogP contribution in [-0.2, 0) is 18.4 Å². The molecule has 0 heterocycles. The van der Waals surface area contributed by atoms with Crippen LogP contribution in [-0.4, -0.2) is 73.4 Å². The van der Waals surface area contributed by atoms with E-state index in [0.29, 0.717) is 17.4 Å². The average molecular weight is 772 g/mol. The quantitative estimate of drug-likeness (QED) is 0.0248. The highest BCUT2D eigenvalue weighted by atomic mass is 31.2. The molecule has 0 rings (SSSR count). The summed E-state index contributed by atoms with van der Waals surface area (Å²) in [7, 11) is 1.56. The molecule has 8 nitrogen and oxygen atoms in total. The first-order valence-electron chi connectivity index (χ1n) is 22.2. The first-order chi connectivity index (χ1) is 25.5. The molecular formula is C44H88N2O6P+. The number of phosphoric ester groups is 1. The summed E-state index contributed by atoms with van der Waals surface area (Å²) in [5.41, 5.74) is 0. The van der Waals surface area contributed by atoms with Gasteiger partial charge in [-0.3, -0.25) is 13.8 Å². The third kappa shape index (κ3) is 39.0. The number of allylic oxidation sites excluding steroid dienone is 3. The van der Waals surface area contributed by atoms with Crippen LogP contribution in [0.3, 0.4) is 0 Å². The van der Waals surface area contributed by atoms with Gasteiger partial charge in [-0.15, -0.1) is 0 Å². The van der Waals surface area contributed by atoms with Gasteiger partial charge in [-0.2, -0.15) is 0 Å². The average Bonchev–Trinajstić information content (AvgIpc) is 3.10. The normalized spacial score (nSPS) is 14.6. The Hall–Kier alpha value is -1.02. The molecule has 1 amide bonds. The van der Waals surface area contributed by atoms with E-state index in [1.165, 1.54) is 141 Å². The number of hydrogen-bond donors (Lipinski definition) is 3. The standard InChI is InChI=1S/C44H87N2O6P/c1-6-8-10-12-14-16-18-20-22-24-25-27-29-31-33-35-37-43(47)42(41-52-53(49,50)51-40-39-46(3,4)5)45-44(48)38-36-34-32-30-28-26-23-21-19-17-15-13-11-9-7-2/h27,29,35,37,42-43,47H,6-26,28,30-34,36,38-41H2,1-5H3,(H-,45,48,49,50)/p+1/b29-27+,37-35+/t42-,43+/m0/s1. The number of hydrogen-bond acceptors (Lipinski definition) is 5. The molecule has 0 saturated heterocycles. The van der Waals surface area contributed by atoms with Gasteiger partial charge in [0, 0.05) is 6.42 Å². The molecule has 0 spiro atoms. The number of likely N-dealkylation sites (N-methyl/N-ethyl adjacent to an activating group) is 1. The molecule has 0 bridgehead atoms. The molecule has 314 valence electrons. The Labute approximate surface area is 328 Å². The predicted octanol–water partition coefficient (Wildman–Crippen LogP) is 12.1. The number of nitrogens with zero attached hydrogens (tertiary/aromatic N) is 1. The van der Waals surface area contributed by atoms with Gasteiger partial charge in [0.2, 0.25) is 5.91 Å². The Morgan fingerprint density at radius 3 is 1.51 bits per heavy atom. The van der Waals surface area contributed by atoms with Crippen LogP contribution < -0.4 is 5.32 Å². The lowest BCUT2D eigenvalue weighted by Gasteiger charge is -2.25. The Bertz CT molecular complexity index is 922. The summed E-state index contributed by atoms with van der Waals surface area (Å²) in [6.07, 6.45) is 42.4. The molecule has 0 radical (unpaired) electrons. The topological polar surface area (TPSA) is 105 Å². The molecule has 0 fully saturated rings. The Morgan fingerprint density at radius 1 is 0.623 bits per heavy atom. The molecule has 0 aromatic rings. The van der Waals surface area contributed by atoms with Crippen molar-refractivity contribution in [1.82, 2.24) is 5.32 Å². The van der Waals surface area contributed by atoms with Crippen LogP contribution in [0.1, 0.15) is 200 Å². The summed E-state index contributed by atoms with van der Waals surface area (Å²) in [6, 6.07) is -0.857. The molecular weight excluding hydrogens is 683 g/mol. The van der Waals surface area contributed by atoms with E-state index in [-0.39, 0.29) is 19.1 Å². The van der Waals surface area contributed by atoms with E-state index in [1.807, 2.05) is 27.2 Å². The Kier molecular flexibility index (Phi) is 35.9. The third-order valence-corrected chi connectivity index (χ3v) is 10.9. The zero-order valence-electron chi connectivity index (χ0n) is 35.5. The van der Waals surface area contributed by atoms with Gasteiger partial charge in [0.05, 0.1) is 39.9 Å². The first-order valence-corrected chi connectivity index (χ1v) is 23.7. The van der Waals surface area contributed by atoms with Crippen molar-refractivity contribution in [2.24, 2.45) is 0 Å². The fraction of sp³-hybridized carbons (Fsp3) is 0.886. The monoisotopic (exact) mass is 772 g/mol. The molecule has 0 aromatic heterocycles. The van der Waals surface area contributed by atoms with E-state index in [1.54, 1.807) is 6.08 Å². The zero-order chi connectivity index (χ0) is 39.3. The number of phosphoric acid groups is 1. The van der Waals surface area contributed by atoms with Gasteiger partial charge in [0.1, 0.15) is 13.2 Å². The smallest absolute Gasteiger partial charge is 0.387 e. The van der Waals surface area contributed by atoms with Crippen LogP contribution in [0, 0.1) is 0 Å². The Balaban J connectivity index is 4.47. The number of rotatable bonds is 40. The van der Waals surface area contributed by atoms with Crippen LogP contribution >= 0.6 is 7.82 Å². The molecule has 0 aliphatic carbocycles. The van der Waals surface area contributed by atoms with Crippen molar-refractivity contribution in [3.63, 3.8) is 0 Å². The van der Waals surface area contributed by atoms with Gasteiger partial charge in [-0.05, 0) is 32.1 Å². The van der Waals surface area contributed by atoms with Crippen molar-refractivity contribution in [2.45, 2.75) is 212 Å². The lowest BCUT2D eigenvalue weighted by atomic mass is 10.0. The first kappa shape index (κ1) is 52.0. The van der Waals surface area contributed by atoms with E-state index < -0.39 is 20.0 Å². The minimum absolute atomic E-state index is 0.0582. The molecule has 0 aliphatic rings. The summed E-state index contributed by atoms with van der Waals surface area (Å²) in [6.45, 7) is 4.80. The maximum absolute atomic E-state index is 12.8. The lowest BCUT2D eigenvalue weighted by Crippen LogP contribution is -2.45. The number of carbonyl (C=O) groups excluding carboxylic acids is 1. The highest BCUT2D eigenvalue weighted by molar-refractivity contribution is 7.47. The second-order valence-corrected chi connectivity index (χ2v) is 17.9. The molecule has 1 unspecified atom stereocenters. The van der Waals surface area contributed by atoms with E-state index in [0.717, 1.165) is 38.5 Å². The largest absolute Gasteiger partial charge is 0.472 e. The zero-order valence-corrected chi connectivity index (χ0v) is 36.4. The number of amides is 1. The number of aliphatic hydroxyl groups excluding tert-OH is 1. The van der Waals surface area contributed by atoms with Gasteiger partial charge < -0.3 is 19.8 Å². The minimum Gasteiger partial charge on any atom is -0.387 e. The summed E-state index contributed by atoms with van der Waals surface area (Å²) in [5, 5.41) is 13.8. The summed E-state index contributed by atoms with van der Waals surface area (Å²) >= 11 is 0. The van der Waals surface area contributed by atoms with Gasteiger partial charge in [-0.1, -0.05) is 186 Å². The number of carbonyl (C=O) groups is 1. The molecule has 0 aliphatic heterocycles. The molecule has 53 heavy (non-hydrogen) atoms. The van der Waals surface area contributed by atoms with Crippen LogP contribution in [0.25, 0.3) is 0 Å². The number of aliphatic hydroxyl groups is 1. The van der Waals surface area contributed by atoms with Crippen molar-refractivity contribution in [2.75, 3.05) is 40.9 Å². The molecule has 0 saturated carbocycles. The highest BCUT2D eigenvalue weighted by Gasteiger charge is 2.27. The van der Waals surface area contributed by atoms with Gasteiger partial charge in [-0.25, -0.2) is 4.57 Å². The lowest BCUT2D eigenvalue weighted by molar-refractivity contribution is -0.870. The minimum atomic E-state index is -4.34. The summed E-state index contributed by atoms with van der Waals surface area (Å²) < 4.78 is 23.5. The van der Waals surface area contributed by atoms with Crippen LogP contribution in [0.4, 0.5) is 0 Å². The van der Waals surface area contributed by atoms with Gasteiger partial charge >= 0.3 is 7.82 Å². The molecule has 9 heteroatoms. The number of quaternary nitrogens is 1. The molecule has 0 aromatic carbocycles. The molecule has 3 N–H and O–H groups in total. The summed E-state index contributed by atoms with van der Waals surface area (Å²) in [5.74, 6) is -0.186. The third-order valence-electron chi connectivity index (χ3n) is 9.92. The SMILES string of the molecule is CCCCCCCCCCCC/C=C/CC/C=C/[C@@H](O)[C@H](COP(=O)(O)OCC[N+](C)(C)C)NC(=O)CCCCCCCCCCCCCCCCC. The molecule has 3 atom stereocenters. The van der Waals surface area contributed by atoms with E-state index >= 15 is 0 Å². The van der Waals surface area contributed by atoms with Crippen LogP contribution in [0.5, 0.6) is 0 Å². The van der Waals surface area contributed by atoms with Crippen LogP contribution in [0.15, 0.2) is 24.3 Å². The van der Waals surface area contributed by atoms with Crippen molar-refractivity contribution in [3.8, 4) is 0 Å². The van der Waals surface area contributed by atoms with E-state index in [2.05, 4.69) is 31.3 Å². The fourth-order valence-corrected chi connectivity index (χ4v) is 7.09. The van der Waals surface area contributed by atoms with Gasteiger partial charge in [0.25, 0.3) is 0 Å². The van der Waals surface area contributed by atoms with Crippen molar-refractivity contribution in [1.29, 1.82) is 0 Å².